The van der Waals surface area contributed by atoms with E-state index in [4.69, 9.17) is 9.15 Å². The summed E-state index contributed by atoms with van der Waals surface area (Å²) in [7, 11) is 0. The highest BCUT2D eigenvalue weighted by molar-refractivity contribution is 6.15. The Labute approximate surface area is 156 Å². The Bertz CT molecular complexity index is 911. The molecular weight excluding hydrogens is 348 g/mol. The average molecular weight is 368 g/mol. The summed E-state index contributed by atoms with van der Waals surface area (Å²) in [6.07, 6.45) is 4.31. The number of fused-ring (bicyclic) bond motifs is 1. The number of carbonyl (C=O) groups is 3. The van der Waals surface area contributed by atoms with E-state index in [0.717, 1.165) is 12.8 Å². The van der Waals surface area contributed by atoms with Gasteiger partial charge in [-0.2, -0.15) is 0 Å². The first-order chi connectivity index (χ1) is 13.0. The Balaban J connectivity index is 1.61. The minimum atomic E-state index is -0.913. The van der Waals surface area contributed by atoms with Crippen LogP contribution in [0.4, 0.5) is 11.4 Å². The molecule has 0 saturated heterocycles. The first-order valence-electron chi connectivity index (χ1n) is 8.98. The maximum atomic E-state index is 13.1. The molecule has 0 unspecified atom stereocenters. The lowest BCUT2D eigenvalue weighted by atomic mass is 9.90. The summed E-state index contributed by atoms with van der Waals surface area (Å²) in [4.78, 5) is 39.6. The standard InChI is InChI=1S/C20H20N2O5/c1-13-14(8-11-26-13)18(24)27-12-17(23)22-16-7-3-2-6-15(16)21-19(25)20(22)9-4-5-10-20/h2-3,6-8,11H,4-5,9-10,12H2,1H3,(H,21,25). The molecule has 1 aliphatic carbocycles. The predicted molar refractivity (Wildman–Crippen MR) is 97.5 cm³/mol. The summed E-state index contributed by atoms with van der Waals surface area (Å²) in [5.41, 5.74) is 0.601. The van der Waals surface area contributed by atoms with Gasteiger partial charge in [0.1, 0.15) is 16.9 Å². The fourth-order valence-corrected chi connectivity index (χ4v) is 4.00. The van der Waals surface area contributed by atoms with Crippen molar-refractivity contribution in [2.24, 2.45) is 0 Å². The number of carbonyl (C=O) groups excluding carboxylic acids is 3. The van der Waals surface area contributed by atoms with Gasteiger partial charge in [0.15, 0.2) is 6.61 Å². The van der Waals surface area contributed by atoms with Crippen LogP contribution in [0.2, 0.25) is 0 Å². The van der Waals surface area contributed by atoms with Crippen LogP contribution >= 0.6 is 0 Å². The first-order valence-corrected chi connectivity index (χ1v) is 8.98. The molecule has 0 bridgehead atoms. The number of benzene rings is 1. The maximum Gasteiger partial charge on any atom is 0.342 e. The second-order valence-electron chi connectivity index (χ2n) is 6.91. The zero-order valence-corrected chi connectivity index (χ0v) is 15.0. The molecule has 1 fully saturated rings. The van der Waals surface area contributed by atoms with Crippen LogP contribution < -0.4 is 10.2 Å². The molecule has 1 aromatic carbocycles. The van der Waals surface area contributed by atoms with Crippen molar-refractivity contribution in [1.29, 1.82) is 0 Å². The van der Waals surface area contributed by atoms with E-state index in [-0.39, 0.29) is 11.5 Å². The van der Waals surface area contributed by atoms with Gasteiger partial charge in [-0.25, -0.2) is 4.79 Å². The number of anilines is 2. The van der Waals surface area contributed by atoms with Crippen molar-refractivity contribution >= 4 is 29.2 Å². The molecule has 2 aliphatic rings. The normalized spacial score (nSPS) is 17.5. The number of aryl methyl sites for hydroxylation is 1. The molecule has 0 atom stereocenters. The van der Waals surface area contributed by atoms with Crippen LogP contribution in [0.25, 0.3) is 0 Å². The number of hydrogen-bond donors (Lipinski definition) is 1. The monoisotopic (exact) mass is 368 g/mol. The number of amides is 2. The topological polar surface area (TPSA) is 88.8 Å². The summed E-state index contributed by atoms with van der Waals surface area (Å²) in [5.74, 6) is -0.773. The van der Waals surface area contributed by atoms with Crippen LogP contribution in [0, 0.1) is 6.92 Å². The van der Waals surface area contributed by atoms with Crippen LogP contribution in [-0.2, 0) is 14.3 Å². The smallest absolute Gasteiger partial charge is 0.342 e. The average Bonchev–Trinajstić information content (AvgIpc) is 3.31. The lowest BCUT2D eigenvalue weighted by molar-refractivity contribution is -0.129. The van der Waals surface area contributed by atoms with Gasteiger partial charge in [-0.1, -0.05) is 25.0 Å². The SMILES string of the molecule is Cc1occc1C(=O)OCC(=O)N1c2ccccc2NC(=O)C12CCCC2. The number of rotatable bonds is 3. The first kappa shape index (κ1) is 17.3. The van der Waals surface area contributed by atoms with Crippen molar-refractivity contribution in [1.82, 2.24) is 0 Å². The third kappa shape index (κ3) is 2.79. The van der Waals surface area contributed by atoms with Crippen molar-refractivity contribution in [3.8, 4) is 0 Å². The van der Waals surface area contributed by atoms with Gasteiger partial charge in [0, 0.05) is 0 Å². The van der Waals surface area contributed by atoms with E-state index < -0.39 is 24.0 Å². The molecule has 1 N–H and O–H groups in total. The third-order valence-electron chi connectivity index (χ3n) is 5.33. The van der Waals surface area contributed by atoms with Crippen LogP contribution in [-0.4, -0.2) is 29.9 Å². The number of hydrogen-bond acceptors (Lipinski definition) is 5. The minimum Gasteiger partial charge on any atom is -0.469 e. The number of nitrogens with one attached hydrogen (secondary N) is 1. The van der Waals surface area contributed by atoms with E-state index in [1.807, 2.05) is 6.07 Å². The van der Waals surface area contributed by atoms with E-state index in [2.05, 4.69) is 5.32 Å². The summed E-state index contributed by atoms with van der Waals surface area (Å²) >= 11 is 0. The fourth-order valence-electron chi connectivity index (χ4n) is 4.00. The molecule has 1 saturated carbocycles. The Morgan fingerprint density at radius 3 is 2.67 bits per heavy atom. The molecule has 1 spiro atoms. The van der Waals surface area contributed by atoms with Gasteiger partial charge in [-0.3, -0.25) is 14.5 Å². The third-order valence-corrected chi connectivity index (χ3v) is 5.33. The Morgan fingerprint density at radius 1 is 1.22 bits per heavy atom. The maximum absolute atomic E-state index is 13.1. The Morgan fingerprint density at radius 2 is 1.96 bits per heavy atom. The molecule has 2 aromatic rings. The van der Waals surface area contributed by atoms with Gasteiger partial charge in [0.25, 0.3) is 11.8 Å². The van der Waals surface area contributed by atoms with Gasteiger partial charge in [-0.15, -0.1) is 0 Å². The molecule has 140 valence electrons. The van der Waals surface area contributed by atoms with Crippen LogP contribution in [0.3, 0.4) is 0 Å². The highest BCUT2D eigenvalue weighted by Gasteiger charge is 2.52. The van der Waals surface area contributed by atoms with E-state index in [1.54, 1.807) is 25.1 Å². The van der Waals surface area contributed by atoms with Gasteiger partial charge >= 0.3 is 5.97 Å². The molecule has 0 radical (unpaired) electrons. The molecule has 2 heterocycles. The van der Waals surface area contributed by atoms with Crippen molar-refractivity contribution in [2.45, 2.75) is 38.1 Å². The largest absolute Gasteiger partial charge is 0.469 e. The Kier molecular flexibility index (Phi) is 4.22. The van der Waals surface area contributed by atoms with E-state index in [0.29, 0.717) is 30.0 Å². The van der Waals surface area contributed by atoms with Crippen LogP contribution in [0.15, 0.2) is 41.0 Å². The number of para-hydroxylation sites is 2. The lowest BCUT2D eigenvalue weighted by Gasteiger charge is -2.44. The molecule has 2 amide bonds. The second-order valence-corrected chi connectivity index (χ2v) is 6.91. The zero-order valence-electron chi connectivity index (χ0n) is 15.0. The quantitative estimate of drug-likeness (QED) is 0.841. The summed E-state index contributed by atoms with van der Waals surface area (Å²) in [6.45, 7) is 1.21. The number of furan rings is 1. The highest BCUT2D eigenvalue weighted by atomic mass is 16.5. The fraction of sp³-hybridized carbons (Fsp3) is 0.350. The summed E-state index contributed by atoms with van der Waals surface area (Å²) < 4.78 is 10.3. The van der Waals surface area contributed by atoms with E-state index in [1.165, 1.54) is 17.2 Å². The lowest BCUT2D eigenvalue weighted by Crippen LogP contribution is -2.61. The van der Waals surface area contributed by atoms with E-state index in [9.17, 15) is 14.4 Å². The van der Waals surface area contributed by atoms with Gasteiger partial charge in [0.2, 0.25) is 0 Å². The number of ether oxygens (including phenoxy) is 1. The van der Waals surface area contributed by atoms with Crippen LogP contribution in [0.5, 0.6) is 0 Å². The van der Waals surface area contributed by atoms with Gasteiger partial charge < -0.3 is 14.5 Å². The van der Waals surface area contributed by atoms with Crippen molar-refractivity contribution < 1.29 is 23.5 Å². The zero-order chi connectivity index (χ0) is 19.0. The summed E-state index contributed by atoms with van der Waals surface area (Å²) in [5, 5.41) is 2.92. The highest BCUT2D eigenvalue weighted by Crippen LogP contribution is 2.45. The predicted octanol–water partition coefficient (Wildman–Crippen LogP) is 3.04. The molecule has 7 nitrogen and oxygen atoms in total. The van der Waals surface area contributed by atoms with Gasteiger partial charge in [0.05, 0.1) is 17.6 Å². The van der Waals surface area contributed by atoms with Crippen LogP contribution in [0.1, 0.15) is 41.8 Å². The second kappa shape index (κ2) is 6.57. The van der Waals surface area contributed by atoms with Crippen molar-refractivity contribution in [3.05, 3.63) is 47.9 Å². The number of nitrogens with zero attached hydrogens (tertiary/aromatic N) is 1. The summed E-state index contributed by atoms with van der Waals surface area (Å²) in [6, 6.07) is 8.69. The number of esters is 1. The molecule has 4 rings (SSSR count). The molecular formula is C20H20N2O5. The Hall–Kier alpha value is -3.09. The van der Waals surface area contributed by atoms with Crippen molar-refractivity contribution in [3.63, 3.8) is 0 Å². The van der Waals surface area contributed by atoms with Gasteiger partial charge in [-0.05, 0) is 38.0 Å². The molecule has 1 aromatic heterocycles. The molecule has 27 heavy (non-hydrogen) atoms. The molecule has 1 aliphatic heterocycles. The minimum absolute atomic E-state index is 0.177. The van der Waals surface area contributed by atoms with Crippen molar-refractivity contribution in [2.75, 3.05) is 16.8 Å². The van der Waals surface area contributed by atoms with E-state index >= 15 is 0 Å². The molecule has 7 heteroatoms.